The molecule has 8 nitrogen and oxygen atoms in total. The van der Waals surface area contributed by atoms with E-state index in [-0.39, 0.29) is 12.7 Å². The summed E-state index contributed by atoms with van der Waals surface area (Å²) in [6, 6.07) is 8.51. The number of aliphatic hydroxyl groups excluding tert-OH is 2. The first-order valence-electron chi connectivity index (χ1n) is 9.10. The number of carbonyl (C=O) groups is 1. The first-order valence-corrected chi connectivity index (χ1v) is 14.6. The third-order valence-electron chi connectivity index (χ3n) is 4.04. The maximum absolute atomic E-state index is 12.2. The molecule has 1 aromatic carbocycles. The molecule has 10 heteroatoms. The minimum atomic E-state index is -2.70. The second-order valence-corrected chi connectivity index (χ2v) is 13.8. The summed E-state index contributed by atoms with van der Waals surface area (Å²) in [4.78, 5) is 12.2. The van der Waals surface area contributed by atoms with Crippen LogP contribution in [0.4, 0.5) is 0 Å². The fourth-order valence-corrected chi connectivity index (χ4v) is 7.37. The summed E-state index contributed by atoms with van der Waals surface area (Å²) in [5.41, 5.74) is -2.70. The summed E-state index contributed by atoms with van der Waals surface area (Å²) < 4.78 is 22.9. The minimum absolute atomic E-state index is 0.0195. The number of aliphatic hydroxyl groups is 2. The van der Waals surface area contributed by atoms with E-state index in [1.54, 1.807) is 39.8 Å². The Hall–Kier alpha value is -0.592. The van der Waals surface area contributed by atoms with Gasteiger partial charge in [-0.2, -0.15) is 0 Å². The predicted molar refractivity (Wildman–Crippen MR) is 100 cm³/mol. The fraction of sp³-hybridized carbons (Fsp3) is 0.611. The molecule has 1 aromatic rings. The zero-order valence-corrected chi connectivity index (χ0v) is 20.2. The van der Waals surface area contributed by atoms with E-state index >= 15 is 0 Å². The van der Waals surface area contributed by atoms with Gasteiger partial charge in [-0.05, 0) is 0 Å². The molecule has 0 spiro atoms. The van der Waals surface area contributed by atoms with Crippen LogP contribution in [-0.2, 0) is 37.6 Å². The van der Waals surface area contributed by atoms with Crippen molar-refractivity contribution < 1.29 is 52.3 Å². The Bertz CT molecular complexity index is 690. The number of ether oxygens (including phenoxy) is 2. The molecule has 0 radical (unpaired) electrons. The van der Waals surface area contributed by atoms with Crippen LogP contribution < -0.4 is 9.61 Å². The Balaban J connectivity index is 2.09. The van der Waals surface area contributed by atoms with Gasteiger partial charge in [0.25, 0.3) is 0 Å². The Morgan fingerprint density at radius 3 is 2.43 bits per heavy atom. The summed E-state index contributed by atoms with van der Waals surface area (Å²) >= 11 is 0.969. The maximum atomic E-state index is 12.2. The van der Waals surface area contributed by atoms with Gasteiger partial charge in [-0.15, -0.1) is 0 Å². The third kappa shape index (κ3) is 6.74. The van der Waals surface area contributed by atoms with Crippen LogP contribution in [0.3, 0.4) is 0 Å². The number of nitrogens with one attached hydrogen (secondary N) is 1. The van der Waals surface area contributed by atoms with Crippen LogP contribution in [0.1, 0.15) is 27.7 Å². The van der Waals surface area contributed by atoms with E-state index in [1.807, 2.05) is 18.2 Å². The number of carbonyl (C=O) groups excluding carboxylic acids is 1. The van der Waals surface area contributed by atoms with Gasteiger partial charge in [0.05, 0.1) is 0 Å². The Kier molecular flexibility index (Phi) is 8.83. The molecule has 6 atom stereocenters. The van der Waals surface area contributed by atoms with Crippen molar-refractivity contribution in [1.82, 2.24) is 5.09 Å². The van der Waals surface area contributed by atoms with Crippen molar-refractivity contribution >= 4 is 11.5 Å². The molecular weight excluding hydrogens is 557 g/mol. The molecule has 1 aliphatic heterocycles. The van der Waals surface area contributed by atoms with Crippen LogP contribution in [0.5, 0.6) is 5.75 Å². The van der Waals surface area contributed by atoms with Crippen molar-refractivity contribution in [3.63, 3.8) is 0 Å². The molecule has 1 saturated heterocycles. The fourth-order valence-electron chi connectivity index (χ4n) is 2.58. The van der Waals surface area contributed by atoms with E-state index in [9.17, 15) is 15.0 Å². The second kappa shape index (κ2) is 10.4. The van der Waals surface area contributed by atoms with Gasteiger partial charge in [0.1, 0.15) is 0 Å². The molecule has 1 heterocycles. The van der Waals surface area contributed by atoms with Gasteiger partial charge in [-0.3, -0.25) is 0 Å². The SMILES string of the molecule is CC(C)OC(=O)[C@@H](C)N[P](=[W])(OC[C@H]1O[C@@H](C)[C@H](O)[C@@H]1O)Oc1ccccc1. The van der Waals surface area contributed by atoms with Crippen LogP contribution in [0.25, 0.3) is 0 Å². The van der Waals surface area contributed by atoms with Crippen LogP contribution in [-0.4, -0.2) is 59.4 Å². The van der Waals surface area contributed by atoms with E-state index in [0.717, 1.165) is 18.8 Å². The number of rotatable bonds is 9. The quantitative estimate of drug-likeness (QED) is 0.298. The van der Waals surface area contributed by atoms with E-state index < -0.39 is 41.9 Å². The van der Waals surface area contributed by atoms with Crippen LogP contribution in [0.15, 0.2) is 30.3 Å². The topological polar surface area (TPSA) is 106 Å². The summed E-state index contributed by atoms with van der Waals surface area (Å²) in [7, 11) is 0. The van der Waals surface area contributed by atoms with Crippen molar-refractivity contribution in [3.8, 4) is 5.75 Å². The number of benzene rings is 1. The molecule has 3 N–H and O–H groups in total. The van der Waals surface area contributed by atoms with Gasteiger partial charge in [0.2, 0.25) is 0 Å². The molecule has 28 heavy (non-hydrogen) atoms. The van der Waals surface area contributed by atoms with Crippen LogP contribution >= 0.6 is 5.50 Å². The molecule has 158 valence electrons. The van der Waals surface area contributed by atoms with Crippen LogP contribution in [0, 0.1) is 0 Å². The zero-order chi connectivity index (χ0) is 20.9. The summed E-state index contributed by atoms with van der Waals surface area (Å²) in [6.07, 6.45) is -3.40. The summed E-state index contributed by atoms with van der Waals surface area (Å²) in [6.45, 7) is 6.97. The van der Waals surface area contributed by atoms with E-state index in [0.29, 0.717) is 5.75 Å². The van der Waals surface area contributed by atoms with Gasteiger partial charge >= 0.3 is 176 Å². The van der Waals surface area contributed by atoms with Gasteiger partial charge < -0.3 is 0 Å². The van der Waals surface area contributed by atoms with E-state index in [2.05, 4.69) is 5.09 Å². The first-order chi connectivity index (χ1) is 13.1. The number of esters is 1. The molecule has 0 bridgehead atoms. The molecule has 0 aliphatic carbocycles. The van der Waals surface area contributed by atoms with Gasteiger partial charge in [-0.25, -0.2) is 0 Å². The van der Waals surface area contributed by atoms with Gasteiger partial charge in [0.15, 0.2) is 0 Å². The summed E-state index contributed by atoms with van der Waals surface area (Å²) in [5, 5.41) is 23.1. The Labute approximate surface area is 175 Å². The number of hydrogen-bond acceptors (Lipinski definition) is 8. The summed E-state index contributed by atoms with van der Waals surface area (Å²) in [5.74, 6) is 0.200. The zero-order valence-electron chi connectivity index (χ0n) is 16.3. The molecule has 0 saturated carbocycles. The van der Waals surface area contributed by atoms with Crippen molar-refractivity contribution in [2.75, 3.05) is 6.61 Å². The molecule has 2 rings (SSSR count). The average molecular weight is 585 g/mol. The number of hydrogen-bond donors (Lipinski definition) is 3. The van der Waals surface area contributed by atoms with E-state index in [1.165, 1.54) is 0 Å². The second-order valence-electron chi connectivity index (χ2n) is 6.89. The normalized spacial score (nSPS) is 28.0. The van der Waals surface area contributed by atoms with E-state index in [4.69, 9.17) is 18.5 Å². The Morgan fingerprint density at radius 2 is 1.89 bits per heavy atom. The van der Waals surface area contributed by atoms with Gasteiger partial charge in [0, 0.05) is 0 Å². The van der Waals surface area contributed by atoms with Crippen molar-refractivity contribution in [2.45, 2.75) is 64.3 Å². The Morgan fingerprint density at radius 1 is 1.25 bits per heavy atom. The standard InChI is InChI=1S/C18H28NO7P.W/c1-11(2)24-18(22)12(3)19-27(26-14-8-6-5-7-9-14)23-10-15-17(21)16(20)13(4)25-15;/h5-9,11-13,15-17,19-21H,10H2,1-4H3;/t12-,13+,15-,16+,17-,27?;/m1./s1. The number of para-hydroxylation sites is 1. The molecule has 1 fully saturated rings. The predicted octanol–water partition coefficient (Wildman–Crippen LogP) is 1.75. The molecular formula is C18H28NO7PW. The molecule has 1 unspecified atom stereocenters. The third-order valence-corrected chi connectivity index (χ3v) is 8.76. The van der Waals surface area contributed by atoms with Gasteiger partial charge in [-0.1, -0.05) is 0 Å². The first kappa shape index (κ1) is 23.7. The molecule has 0 amide bonds. The van der Waals surface area contributed by atoms with Crippen molar-refractivity contribution in [3.05, 3.63) is 30.3 Å². The molecule has 0 aromatic heterocycles. The average Bonchev–Trinajstić information content (AvgIpc) is 2.87. The van der Waals surface area contributed by atoms with Crippen molar-refractivity contribution in [1.29, 1.82) is 0 Å². The monoisotopic (exact) mass is 585 g/mol. The molecule has 1 aliphatic rings. The van der Waals surface area contributed by atoms with Crippen LogP contribution in [0.2, 0.25) is 0 Å². The van der Waals surface area contributed by atoms with Crippen molar-refractivity contribution in [2.24, 2.45) is 0 Å².